The summed E-state index contributed by atoms with van der Waals surface area (Å²) in [6, 6.07) is 7.32. The minimum absolute atomic E-state index is 0.00241. The molecule has 16 heavy (non-hydrogen) atoms. The first-order valence-corrected chi connectivity index (χ1v) is 5.27. The fraction of sp³-hybridized carbons (Fsp3) is 0.417. The summed E-state index contributed by atoms with van der Waals surface area (Å²) in [7, 11) is 3.43. The maximum atomic E-state index is 11.7. The Balaban J connectivity index is 2.61. The van der Waals surface area contributed by atoms with E-state index < -0.39 is 0 Å². The first-order chi connectivity index (χ1) is 7.67. The zero-order valence-corrected chi connectivity index (χ0v) is 9.91. The summed E-state index contributed by atoms with van der Waals surface area (Å²) < 4.78 is 5.08. The monoisotopic (exact) mass is 222 g/mol. The molecule has 1 rings (SSSR count). The quantitative estimate of drug-likeness (QED) is 0.793. The lowest BCUT2D eigenvalue weighted by Crippen LogP contribution is -2.28. The van der Waals surface area contributed by atoms with E-state index in [-0.39, 0.29) is 11.8 Å². The van der Waals surface area contributed by atoms with Gasteiger partial charge < -0.3 is 15.4 Å². The molecule has 1 atom stereocenters. The second-order valence-corrected chi connectivity index (χ2v) is 3.68. The van der Waals surface area contributed by atoms with Crippen molar-refractivity contribution < 1.29 is 9.53 Å². The normalized spacial score (nSPS) is 11.9. The Hall–Kier alpha value is -1.55. The number of methoxy groups -OCH3 is 1. The lowest BCUT2D eigenvalue weighted by atomic mass is 10.1. The second kappa shape index (κ2) is 6.12. The Morgan fingerprint density at radius 1 is 1.50 bits per heavy atom. The van der Waals surface area contributed by atoms with Gasteiger partial charge in [0.05, 0.1) is 7.11 Å². The molecule has 0 fully saturated rings. The van der Waals surface area contributed by atoms with Crippen LogP contribution in [0.5, 0.6) is 5.75 Å². The van der Waals surface area contributed by atoms with Crippen molar-refractivity contribution in [3.8, 4) is 5.75 Å². The fourth-order valence-corrected chi connectivity index (χ4v) is 1.37. The van der Waals surface area contributed by atoms with Gasteiger partial charge in [-0.25, -0.2) is 0 Å². The van der Waals surface area contributed by atoms with Gasteiger partial charge in [0.15, 0.2) is 0 Å². The second-order valence-electron chi connectivity index (χ2n) is 3.68. The van der Waals surface area contributed by atoms with Gasteiger partial charge in [0.25, 0.3) is 0 Å². The van der Waals surface area contributed by atoms with Crippen molar-refractivity contribution in [2.24, 2.45) is 5.92 Å². The van der Waals surface area contributed by atoms with Gasteiger partial charge in [0.1, 0.15) is 5.75 Å². The molecule has 0 saturated heterocycles. The van der Waals surface area contributed by atoms with Crippen LogP contribution in [0.3, 0.4) is 0 Å². The Morgan fingerprint density at radius 3 is 2.88 bits per heavy atom. The maximum Gasteiger partial charge on any atom is 0.228 e. The molecule has 1 amide bonds. The molecule has 0 radical (unpaired) electrons. The lowest BCUT2D eigenvalue weighted by Gasteiger charge is -2.12. The van der Waals surface area contributed by atoms with Crippen LogP contribution in [0.2, 0.25) is 0 Å². The predicted octanol–water partition coefficient (Wildman–Crippen LogP) is 1.49. The van der Waals surface area contributed by atoms with Crippen molar-refractivity contribution in [2.45, 2.75) is 6.92 Å². The van der Waals surface area contributed by atoms with Gasteiger partial charge in [-0.15, -0.1) is 0 Å². The van der Waals surface area contributed by atoms with Crippen molar-refractivity contribution in [1.29, 1.82) is 0 Å². The third-order valence-corrected chi connectivity index (χ3v) is 2.30. The van der Waals surface area contributed by atoms with E-state index in [1.54, 1.807) is 13.2 Å². The van der Waals surface area contributed by atoms with E-state index in [2.05, 4.69) is 10.6 Å². The summed E-state index contributed by atoms with van der Waals surface area (Å²) in [6.07, 6.45) is 0. The summed E-state index contributed by atoms with van der Waals surface area (Å²) in [6.45, 7) is 2.54. The lowest BCUT2D eigenvalue weighted by molar-refractivity contribution is -0.119. The molecule has 88 valence electrons. The number of rotatable bonds is 5. The molecular formula is C12H18N2O2. The third-order valence-electron chi connectivity index (χ3n) is 2.30. The summed E-state index contributed by atoms with van der Waals surface area (Å²) in [5.74, 6) is 0.679. The highest BCUT2D eigenvalue weighted by Gasteiger charge is 2.11. The van der Waals surface area contributed by atoms with E-state index in [0.717, 1.165) is 11.4 Å². The molecule has 2 N–H and O–H groups in total. The van der Waals surface area contributed by atoms with E-state index in [9.17, 15) is 4.79 Å². The Labute approximate surface area is 96.0 Å². The Kier molecular flexibility index (Phi) is 4.79. The van der Waals surface area contributed by atoms with Crippen molar-refractivity contribution >= 4 is 11.6 Å². The highest BCUT2D eigenvalue weighted by molar-refractivity contribution is 5.92. The van der Waals surface area contributed by atoms with E-state index in [4.69, 9.17) is 4.74 Å². The largest absolute Gasteiger partial charge is 0.497 e. The molecule has 0 aliphatic rings. The molecule has 0 bridgehead atoms. The van der Waals surface area contributed by atoms with Crippen LogP contribution in [0, 0.1) is 5.92 Å². The molecule has 0 aliphatic heterocycles. The molecule has 1 aromatic rings. The first kappa shape index (κ1) is 12.5. The first-order valence-electron chi connectivity index (χ1n) is 5.27. The van der Waals surface area contributed by atoms with Gasteiger partial charge in [-0.2, -0.15) is 0 Å². The van der Waals surface area contributed by atoms with Gasteiger partial charge in [0.2, 0.25) is 5.91 Å². The van der Waals surface area contributed by atoms with Gasteiger partial charge >= 0.3 is 0 Å². The summed E-state index contributed by atoms with van der Waals surface area (Å²) in [5.41, 5.74) is 0.757. The summed E-state index contributed by atoms with van der Waals surface area (Å²) >= 11 is 0. The zero-order chi connectivity index (χ0) is 12.0. The highest BCUT2D eigenvalue weighted by Crippen LogP contribution is 2.17. The molecule has 0 heterocycles. The van der Waals surface area contributed by atoms with E-state index in [1.165, 1.54) is 0 Å². The average molecular weight is 222 g/mol. The third kappa shape index (κ3) is 3.55. The van der Waals surface area contributed by atoms with E-state index >= 15 is 0 Å². The number of anilines is 1. The molecule has 0 spiro atoms. The van der Waals surface area contributed by atoms with E-state index in [1.807, 2.05) is 32.2 Å². The van der Waals surface area contributed by atoms with Crippen LogP contribution in [0.1, 0.15) is 6.92 Å². The van der Waals surface area contributed by atoms with Crippen LogP contribution in [-0.4, -0.2) is 26.6 Å². The van der Waals surface area contributed by atoms with Crippen LogP contribution in [0.15, 0.2) is 24.3 Å². The molecule has 1 aromatic carbocycles. The predicted molar refractivity (Wildman–Crippen MR) is 64.7 cm³/mol. The van der Waals surface area contributed by atoms with Crippen LogP contribution in [0.25, 0.3) is 0 Å². The molecule has 0 aliphatic carbocycles. The number of benzene rings is 1. The van der Waals surface area contributed by atoms with Crippen LogP contribution in [0.4, 0.5) is 5.69 Å². The van der Waals surface area contributed by atoms with Gasteiger partial charge in [0, 0.05) is 24.2 Å². The smallest absolute Gasteiger partial charge is 0.228 e. The summed E-state index contributed by atoms with van der Waals surface area (Å²) in [5, 5.41) is 5.81. The molecular weight excluding hydrogens is 204 g/mol. The van der Waals surface area contributed by atoms with Crippen molar-refractivity contribution in [2.75, 3.05) is 26.0 Å². The average Bonchev–Trinajstić information content (AvgIpc) is 2.29. The standard InChI is InChI=1S/C12H18N2O2/c1-9(8-13-2)12(15)14-10-5-4-6-11(7-10)16-3/h4-7,9,13H,8H2,1-3H3,(H,14,15). The fourth-order valence-electron chi connectivity index (χ4n) is 1.37. The van der Waals surface area contributed by atoms with Crippen molar-refractivity contribution in [3.63, 3.8) is 0 Å². The topological polar surface area (TPSA) is 50.4 Å². The minimum atomic E-state index is -0.0591. The zero-order valence-electron chi connectivity index (χ0n) is 9.91. The SMILES string of the molecule is CNCC(C)C(=O)Nc1cccc(OC)c1. The molecule has 0 aromatic heterocycles. The minimum Gasteiger partial charge on any atom is -0.497 e. The molecule has 4 heteroatoms. The maximum absolute atomic E-state index is 11.7. The number of hydrogen-bond acceptors (Lipinski definition) is 3. The summed E-state index contributed by atoms with van der Waals surface area (Å²) in [4.78, 5) is 11.7. The van der Waals surface area contributed by atoms with Crippen molar-refractivity contribution in [1.82, 2.24) is 5.32 Å². The molecule has 0 saturated carbocycles. The van der Waals surface area contributed by atoms with Crippen LogP contribution >= 0.6 is 0 Å². The Bertz CT molecular complexity index is 353. The number of carbonyl (C=O) groups excluding carboxylic acids is 1. The Morgan fingerprint density at radius 2 is 2.25 bits per heavy atom. The van der Waals surface area contributed by atoms with Crippen molar-refractivity contribution in [3.05, 3.63) is 24.3 Å². The molecule has 1 unspecified atom stereocenters. The van der Waals surface area contributed by atoms with Gasteiger partial charge in [-0.3, -0.25) is 4.79 Å². The number of carbonyl (C=O) groups is 1. The van der Waals surface area contributed by atoms with E-state index in [0.29, 0.717) is 6.54 Å². The van der Waals surface area contributed by atoms with Crippen LogP contribution < -0.4 is 15.4 Å². The van der Waals surface area contributed by atoms with Crippen LogP contribution in [-0.2, 0) is 4.79 Å². The molecule has 4 nitrogen and oxygen atoms in total. The number of nitrogens with one attached hydrogen (secondary N) is 2. The van der Waals surface area contributed by atoms with Gasteiger partial charge in [-0.05, 0) is 19.2 Å². The highest BCUT2D eigenvalue weighted by atomic mass is 16.5. The number of ether oxygens (including phenoxy) is 1. The number of hydrogen-bond donors (Lipinski definition) is 2. The van der Waals surface area contributed by atoms with Gasteiger partial charge in [-0.1, -0.05) is 13.0 Å². The number of amides is 1.